The molecule has 1 aromatic carbocycles. The van der Waals surface area contributed by atoms with Crippen LogP contribution in [0.1, 0.15) is 55.2 Å². The third-order valence-electron chi connectivity index (χ3n) is 7.58. The normalized spacial score (nSPS) is 31.1. The van der Waals surface area contributed by atoms with Crippen molar-refractivity contribution < 1.29 is 17.4 Å². The second kappa shape index (κ2) is 7.28. The highest BCUT2D eigenvalue weighted by Crippen LogP contribution is 2.60. The summed E-state index contributed by atoms with van der Waals surface area (Å²) in [6.07, 6.45) is 10.0. The molecule has 3 aliphatic rings. The number of carbonyl (C=O) groups is 1. The predicted octanol–water partition coefficient (Wildman–Crippen LogP) is 3.78. The Balaban J connectivity index is 1.44. The minimum Gasteiger partial charge on any atom is -0.371 e. The highest BCUT2D eigenvalue weighted by Gasteiger charge is 2.56. The Labute approximate surface area is 182 Å². The minimum atomic E-state index is -4.03. The Morgan fingerprint density at radius 3 is 2.84 bits per heavy atom. The van der Waals surface area contributed by atoms with Crippen LogP contribution in [-0.2, 0) is 21.5 Å². The maximum atomic E-state index is 13.4. The van der Waals surface area contributed by atoms with Crippen LogP contribution < -0.4 is 9.32 Å². The lowest BCUT2D eigenvalue weighted by molar-refractivity contribution is -0.127. The molecule has 0 aliphatic heterocycles. The summed E-state index contributed by atoms with van der Waals surface area (Å²) in [5.41, 5.74) is 3.98. The quantitative estimate of drug-likeness (QED) is 0.735. The molecule has 2 aromatic rings. The first-order valence-electron chi connectivity index (χ1n) is 10.7. The van der Waals surface area contributed by atoms with Gasteiger partial charge in [0.1, 0.15) is 5.75 Å². The molecule has 4 atom stereocenters. The first-order chi connectivity index (χ1) is 14.7. The number of aromatic nitrogens is 1. The van der Waals surface area contributed by atoms with Crippen LogP contribution in [0.15, 0.2) is 48.3 Å². The van der Waals surface area contributed by atoms with Crippen LogP contribution in [0.5, 0.6) is 5.75 Å². The summed E-state index contributed by atoms with van der Waals surface area (Å²) in [7, 11) is -4.03. The Bertz CT molecular complexity index is 1180. The van der Waals surface area contributed by atoms with Crippen LogP contribution in [0.2, 0.25) is 0 Å². The van der Waals surface area contributed by atoms with Gasteiger partial charge < -0.3 is 4.18 Å². The van der Waals surface area contributed by atoms with Crippen LogP contribution in [-0.4, -0.2) is 19.2 Å². The van der Waals surface area contributed by atoms with Gasteiger partial charge in [0.2, 0.25) is 0 Å². The van der Waals surface area contributed by atoms with Crippen LogP contribution >= 0.6 is 0 Å². The Morgan fingerprint density at radius 1 is 1.26 bits per heavy atom. The highest BCUT2D eigenvalue weighted by molar-refractivity contribution is 7.84. The molecular formula is C24H26N2O4S. The van der Waals surface area contributed by atoms with Crippen molar-refractivity contribution in [2.45, 2.75) is 44.9 Å². The van der Waals surface area contributed by atoms with Gasteiger partial charge in [0, 0.05) is 17.8 Å². The zero-order chi connectivity index (χ0) is 21.8. The molecule has 5 rings (SSSR count). The van der Waals surface area contributed by atoms with E-state index < -0.39 is 10.3 Å². The van der Waals surface area contributed by atoms with Crippen molar-refractivity contribution in [3.8, 4) is 5.75 Å². The van der Waals surface area contributed by atoms with Gasteiger partial charge in [-0.05, 0) is 96.4 Å². The lowest BCUT2D eigenvalue weighted by Crippen LogP contribution is -2.42. The average molecular weight is 439 g/mol. The summed E-state index contributed by atoms with van der Waals surface area (Å²) in [5, 5.41) is 5.01. The lowest BCUT2D eigenvalue weighted by Gasteiger charge is -2.48. The van der Waals surface area contributed by atoms with Crippen molar-refractivity contribution >= 4 is 22.2 Å². The first kappa shape index (κ1) is 20.4. The number of allylic oxidation sites excluding steroid dienone is 1. The number of carbonyl (C=O) groups excluding carboxylic acids is 1. The Morgan fingerprint density at radius 2 is 2.10 bits per heavy atom. The molecule has 0 radical (unpaired) electrons. The van der Waals surface area contributed by atoms with Gasteiger partial charge in [0.25, 0.3) is 0 Å². The second-order valence-corrected chi connectivity index (χ2v) is 10.4. The van der Waals surface area contributed by atoms with Crippen molar-refractivity contribution in [3.05, 3.63) is 65.0 Å². The van der Waals surface area contributed by atoms with Crippen molar-refractivity contribution in [2.24, 2.45) is 22.4 Å². The Kier molecular flexibility index (Phi) is 4.79. The predicted molar refractivity (Wildman–Crippen MR) is 117 cm³/mol. The monoisotopic (exact) mass is 438 g/mol. The van der Waals surface area contributed by atoms with Gasteiger partial charge in [0.05, 0.1) is 0 Å². The van der Waals surface area contributed by atoms with Gasteiger partial charge in [-0.3, -0.25) is 9.78 Å². The number of Topliss-reactive ketones (excluding diaryl/α,β-unsaturated/α-hetero) is 1. The topological polar surface area (TPSA) is 99.3 Å². The molecule has 3 aliphatic carbocycles. The Hall–Kier alpha value is -2.51. The van der Waals surface area contributed by atoms with E-state index in [1.165, 1.54) is 5.56 Å². The molecule has 3 unspecified atom stereocenters. The van der Waals surface area contributed by atoms with E-state index >= 15 is 0 Å². The maximum Gasteiger partial charge on any atom is 0.380 e. The van der Waals surface area contributed by atoms with Crippen molar-refractivity contribution in [1.82, 2.24) is 4.98 Å². The standard InChI is InChI=1S/C24H26N2O4S/c1-24-9-8-20-19-7-5-18(30-31(25,28)29)12-16(19)4-6-21(20)22(24)13-17(23(24)27)11-15-3-2-10-26-14-15/h2-3,5,7,10-12,14,20-22H,4,6,8-9,13H2,1H3,(H2,25,28,29)/b17-11+/t20?,21?,22?,24-/m0/s1. The van der Waals surface area contributed by atoms with Crippen molar-refractivity contribution in [2.75, 3.05) is 0 Å². The number of hydrogen-bond donors (Lipinski definition) is 1. The molecule has 0 saturated heterocycles. The average Bonchev–Trinajstić information content (AvgIpc) is 2.98. The molecule has 6 nitrogen and oxygen atoms in total. The summed E-state index contributed by atoms with van der Waals surface area (Å²) >= 11 is 0. The van der Waals surface area contributed by atoms with E-state index in [2.05, 4.69) is 11.9 Å². The van der Waals surface area contributed by atoms with Gasteiger partial charge in [-0.25, -0.2) is 0 Å². The van der Waals surface area contributed by atoms with Crippen LogP contribution in [0.25, 0.3) is 6.08 Å². The number of hydrogen-bond acceptors (Lipinski definition) is 5. The third kappa shape index (κ3) is 3.59. The van der Waals surface area contributed by atoms with E-state index in [4.69, 9.17) is 9.32 Å². The number of pyridine rings is 1. The summed E-state index contributed by atoms with van der Waals surface area (Å²) in [6.45, 7) is 2.15. The minimum absolute atomic E-state index is 0.262. The number of ketones is 1. The maximum absolute atomic E-state index is 13.4. The number of nitrogens with two attached hydrogens (primary N) is 1. The molecular weight excluding hydrogens is 412 g/mol. The molecule has 162 valence electrons. The number of aryl methyl sites for hydroxylation is 1. The smallest absolute Gasteiger partial charge is 0.371 e. The molecule has 2 fully saturated rings. The fraction of sp³-hybridized carbons (Fsp3) is 0.417. The number of benzene rings is 1. The summed E-state index contributed by atoms with van der Waals surface area (Å²) in [4.78, 5) is 17.6. The second-order valence-electron chi connectivity index (χ2n) is 9.30. The van der Waals surface area contributed by atoms with E-state index in [9.17, 15) is 13.2 Å². The molecule has 1 heterocycles. The van der Waals surface area contributed by atoms with Crippen LogP contribution in [0.4, 0.5) is 0 Å². The number of fused-ring (bicyclic) bond motifs is 5. The zero-order valence-electron chi connectivity index (χ0n) is 17.5. The van der Waals surface area contributed by atoms with Crippen LogP contribution in [0, 0.1) is 17.3 Å². The molecule has 0 spiro atoms. The van der Waals surface area contributed by atoms with Gasteiger partial charge in [-0.15, -0.1) is 0 Å². The van der Waals surface area contributed by atoms with Crippen molar-refractivity contribution in [3.63, 3.8) is 0 Å². The number of nitrogens with zero attached hydrogens (tertiary/aromatic N) is 1. The fourth-order valence-corrected chi connectivity index (χ4v) is 6.58. The summed E-state index contributed by atoms with van der Waals surface area (Å²) in [5.74, 6) is 1.71. The fourth-order valence-electron chi connectivity index (χ4n) is 6.21. The van der Waals surface area contributed by atoms with E-state index in [0.29, 0.717) is 23.5 Å². The zero-order valence-corrected chi connectivity index (χ0v) is 18.3. The highest BCUT2D eigenvalue weighted by atomic mass is 32.2. The summed E-state index contributed by atoms with van der Waals surface area (Å²) in [6, 6.07) is 9.35. The van der Waals surface area contributed by atoms with E-state index in [0.717, 1.165) is 48.8 Å². The molecule has 0 amide bonds. The van der Waals surface area contributed by atoms with Gasteiger partial charge >= 0.3 is 10.3 Å². The van der Waals surface area contributed by atoms with Gasteiger partial charge in [0.15, 0.2) is 5.78 Å². The molecule has 0 bridgehead atoms. The number of rotatable bonds is 3. The largest absolute Gasteiger partial charge is 0.380 e. The van der Waals surface area contributed by atoms with Gasteiger partial charge in [-0.1, -0.05) is 19.1 Å². The molecule has 31 heavy (non-hydrogen) atoms. The van der Waals surface area contributed by atoms with E-state index in [1.54, 1.807) is 24.5 Å². The van der Waals surface area contributed by atoms with Gasteiger partial charge in [-0.2, -0.15) is 13.6 Å². The van der Waals surface area contributed by atoms with Crippen LogP contribution in [0.3, 0.4) is 0 Å². The molecule has 1 aromatic heterocycles. The van der Waals surface area contributed by atoms with E-state index in [-0.39, 0.29) is 11.2 Å². The SMILES string of the molecule is C[C@]12CCC3c4ccc(OS(N)(=O)=O)cc4CCC3C1C/C(=C\c1cccnc1)C2=O. The molecule has 2 N–H and O–H groups in total. The molecule has 7 heteroatoms. The van der Waals surface area contributed by atoms with E-state index in [1.807, 2.05) is 24.3 Å². The lowest BCUT2D eigenvalue weighted by atomic mass is 9.55. The summed E-state index contributed by atoms with van der Waals surface area (Å²) < 4.78 is 27.4. The molecule has 2 saturated carbocycles. The van der Waals surface area contributed by atoms with Crippen molar-refractivity contribution in [1.29, 1.82) is 0 Å². The third-order valence-corrected chi connectivity index (χ3v) is 8.00. The first-order valence-corrected chi connectivity index (χ1v) is 12.2.